The van der Waals surface area contributed by atoms with Crippen LogP contribution in [-0.4, -0.2) is 31.6 Å². The third-order valence-corrected chi connectivity index (χ3v) is 4.73. The Morgan fingerprint density at radius 3 is 2.60 bits per heavy atom. The van der Waals surface area contributed by atoms with Gasteiger partial charge in [-0.2, -0.15) is 0 Å². The molecule has 0 radical (unpaired) electrons. The van der Waals surface area contributed by atoms with Crippen molar-refractivity contribution >= 4 is 15.9 Å². The van der Waals surface area contributed by atoms with Crippen molar-refractivity contribution in [2.45, 2.75) is 19.3 Å². The lowest BCUT2D eigenvalue weighted by molar-refractivity contribution is 0.272. The summed E-state index contributed by atoms with van der Waals surface area (Å²) >= 11 is 3.42. The van der Waals surface area contributed by atoms with E-state index in [0.29, 0.717) is 17.9 Å². The lowest BCUT2D eigenvalue weighted by Crippen LogP contribution is -2.21. The molecule has 2 nitrogen and oxygen atoms in total. The van der Waals surface area contributed by atoms with E-state index in [4.69, 9.17) is 4.74 Å². The van der Waals surface area contributed by atoms with E-state index in [9.17, 15) is 4.39 Å². The largest absolute Gasteiger partial charge is 0.493 e. The molecule has 4 heteroatoms. The SMILES string of the molecule is C=CCN(C)CCCOc1ccc(C(C)c2ccc(Br)cc2)c(F)c1. The van der Waals surface area contributed by atoms with Gasteiger partial charge >= 0.3 is 0 Å². The van der Waals surface area contributed by atoms with Gasteiger partial charge < -0.3 is 9.64 Å². The van der Waals surface area contributed by atoms with Crippen molar-refractivity contribution in [3.8, 4) is 5.75 Å². The number of hydrogen-bond donors (Lipinski definition) is 0. The third-order valence-electron chi connectivity index (χ3n) is 4.20. The minimum absolute atomic E-state index is 0.00490. The Kier molecular flexibility index (Phi) is 7.66. The van der Waals surface area contributed by atoms with Gasteiger partial charge in [-0.1, -0.05) is 47.1 Å². The molecule has 0 heterocycles. The summed E-state index contributed by atoms with van der Waals surface area (Å²) < 4.78 is 21.2. The maximum Gasteiger partial charge on any atom is 0.130 e. The Labute approximate surface area is 158 Å². The average Bonchev–Trinajstić information content (AvgIpc) is 2.59. The van der Waals surface area contributed by atoms with Crippen molar-refractivity contribution in [2.75, 3.05) is 26.7 Å². The van der Waals surface area contributed by atoms with Crippen molar-refractivity contribution in [3.05, 3.63) is 76.5 Å². The van der Waals surface area contributed by atoms with E-state index in [1.165, 1.54) is 6.07 Å². The summed E-state index contributed by atoms with van der Waals surface area (Å²) in [6, 6.07) is 13.1. The fourth-order valence-electron chi connectivity index (χ4n) is 2.72. The van der Waals surface area contributed by atoms with Gasteiger partial charge in [0.1, 0.15) is 11.6 Å². The molecular weight excluding hydrogens is 381 g/mol. The predicted molar refractivity (Wildman–Crippen MR) is 106 cm³/mol. The first-order valence-corrected chi connectivity index (χ1v) is 9.27. The molecule has 0 saturated carbocycles. The quantitative estimate of drug-likeness (QED) is 0.396. The first kappa shape index (κ1) is 19.7. The van der Waals surface area contributed by atoms with E-state index < -0.39 is 0 Å². The molecule has 2 aromatic rings. The Morgan fingerprint density at radius 2 is 1.96 bits per heavy atom. The van der Waals surface area contributed by atoms with Gasteiger partial charge in [-0.05, 0) is 42.8 Å². The molecule has 0 aromatic heterocycles. The average molecular weight is 406 g/mol. The van der Waals surface area contributed by atoms with Gasteiger partial charge in [0.25, 0.3) is 0 Å². The summed E-state index contributed by atoms with van der Waals surface area (Å²) in [6.45, 7) is 8.08. The monoisotopic (exact) mass is 405 g/mol. The number of likely N-dealkylation sites (N-methyl/N-ethyl adjacent to an activating group) is 1. The van der Waals surface area contributed by atoms with Crippen LogP contribution in [0.25, 0.3) is 0 Å². The number of rotatable bonds is 9. The van der Waals surface area contributed by atoms with Crippen molar-refractivity contribution in [3.63, 3.8) is 0 Å². The van der Waals surface area contributed by atoms with Crippen molar-refractivity contribution in [2.24, 2.45) is 0 Å². The van der Waals surface area contributed by atoms with E-state index in [2.05, 4.69) is 27.4 Å². The molecule has 2 aromatic carbocycles. The van der Waals surface area contributed by atoms with Gasteiger partial charge in [-0.25, -0.2) is 4.39 Å². The highest BCUT2D eigenvalue weighted by Crippen LogP contribution is 2.29. The van der Waals surface area contributed by atoms with Gasteiger partial charge in [0.15, 0.2) is 0 Å². The summed E-state index contributed by atoms with van der Waals surface area (Å²) in [5.74, 6) is 0.349. The van der Waals surface area contributed by atoms with Crippen molar-refractivity contribution in [1.29, 1.82) is 0 Å². The van der Waals surface area contributed by atoms with E-state index in [1.54, 1.807) is 0 Å². The van der Waals surface area contributed by atoms with Gasteiger partial charge in [-0.3, -0.25) is 0 Å². The van der Waals surface area contributed by atoms with E-state index in [1.807, 2.05) is 56.4 Å². The molecule has 25 heavy (non-hydrogen) atoms. The van der Waals surface area contributed by atoms with Gasteiger partial charge in [0.05, 0.1) is 6.61 Å². The standard InChI is InChI=1S/C21H25BrFNO/c1-4-12-24(3)13-5-14-25-19-10-11-20(21(23)15-19)16(2)17-6-8-18(22)9-7-17/h4,6-11,15-16H,1,5,12-14H2,2-3H3. The lowest BCUT2D eigenvalue weighted by Gasteiger charge is -2.16. The third kappa shape index (κ3) is 5.98. The molecule has 0 aliphatic rings. The molecule has 0 amide bonds. The first-order chi connectivity index (χ1) is 12.0. The van der Waals surface area contributed by atoms with Crippen LogP contribution in [0.2, 0.25) is 0 Å². The van der Waals surface area contributed by atoms with Crippen LogP contribution in [0, 0.1) is 5.82 Å². The van der Waals surface area contributed by atoms with Crippen LogP contribution >= 0.6 is 15.9 Å². The lowest BCUT2D eigenvalue weighted by atomic mass is 9.93. The van der Waals surface area contributed by atoms with E-state index in [-0.39, 0.29) is 11.7 Å². The van der Waals surface area contributed by atoms with E-state index >= 15 is 0 Å². The number of nitrogens with zero attached hydrogens (tertiary/aromatic N) is 1. The van der Waals surface area contributed by atoms with Crippen LogP contribution in [0.1, 0.15) is 30.4 Å². The summed E-state index contributed by atoms with van der Waals surface area (Å²) in [6.07, 6.45) is 2.77. The normalized spacial score (nSPS) is 12.2. The van der Waals surface area contributed by atoms with Crippen LogP contribution < -0.4 is 4.74 Å². The van der Waals surface area contributed by atoms with Crippen LogP contribution in [0.4, 0.5) is 4.39 Å². The molecule has 1 atom stereocenters. The first-order valence-electron chi connectivity index (χ1n) is 8.48. The smallest absolute Gasteiger partial charge is 0.130 e. The summed E-state index contributed by atoms with van der Waals surface area (Å²) in [4.78, 5) is 2.17. The second-order valence-corrected chi connectivity index (χ2v) is 7.13. The minimum atomic E-state index is -0.225. The molecular formula is C21H25BrFNO. The Morgan fingerprint density at radius 1 is 1.24 bits per heavy atom. The molecule has 134 valence electrons. The molecule has 0 bridgehead atoms. The van der Waals surface area contributed by atoms with Crippen molar-refractivity contribution < 1.29 is 9.13 Å². The zero-order valence-electron chi connectivity index (χ0n) is 14.8. The summed E-state index contributed by atoms with van der Waals surface area (Å²) in [5.41, 5.74) is 1.77. The van der Waals surface area contributed by atoms with Gasteiger partial charge in [0, 0.05) is 29.5 Å². The molecule has 0 saturated heterocycles. The Hall–Kier alpha value is -1.65. The molecule has 0 N–H and O–H groups in total. The topological polar surface area (TPSA) is 12.5 Å². The van der Waals surface area contributed by atoms with Gasteiger partial charge in [0.2, 0.25) is 0 Å². The van der Waals surface area contributed by atoms with Crippen LogP contribution in [0.15, 0.2) is 59.6 Å². The molecule has 0 spiro atoms. The van der Waals surface area contributed by atoms with Crippen LogP contribution in [-0.2, 0) is 0 Å². The Bertz CT molecular complexity index is 687. The number of benzene rings is 2. The zero-order chi connectivity index (χ0) is 18.2. The molecule has 0 aliphatic carbocycles. The number of ether oxygens (including phenoxy) is 1. The maximum absolute atomic E-state index is 14.5. The van der Waals surface area contributed by atoms with E-state index in [0.717, 1.165) is 29.5 Å². The highest BCUT2D eigenvalue weighted by Gasteiger charge is 2.14. The zero-order valence-corrected chi connectivity index (χ0v) is 16.4. The molecule has 0 fully saturated rings. The fraction of sp³-hybridized carbons (Fsp3) is 0.333. The van der Waals surface area contributed by atoms with Crippen LogP contribution in [0.5, 0.6) is 5.75 Å². The molecule has 0 aliphatic heterocycles. The number of halogens is 2. The summed E-state index contributed by atoms with van der Waals surface area (Å²) in [7, 11) is 2.04. The minimum Gasteiger partial charge on any atom is -0.493 e. The summed E-state index contributed by atoms with van der Waals surface area (Å²) in [5, 5.41) is 0. The molecule has 2 rings (SSSR count). The van der Waals surface area contributed by atoms with Gasteiger partial charge in [-0.15, -0.1) is 6.58 Å². The highest BCUT2D eigenvalue weighted by atomic mass is 79.9. The second kappa shape index (κ2) is 9.73. The number of hydrogen-bond acceptors (Lipinski definition) is 2. The van der Waals surface area contributed by atoms with Crippen molar-refractivity contribution in [1.82, 2.24) is 4.90 Å². The van der Waals surface area contributed by atoms with Crippen LogP contribution in [0.3, 0.4) is 0 Å². The maximum atomic E-state index is 14.5. The highest BCUT2D eigenvalue weighted by molar-refractivity contribution is 9.10. The predicted octanol–water partition coefficient (Wildman–Crippen LogP) is 5.63. The molecule has 1 unspecified atom stereocenters. The second-order valence-electron chi connectivity index (χ2n) is 6.21. The fourth-order valence-corrected chi connectivity index (χ4v) is 2.98. The Balaban J connectivity index is 1.93.